The van der Waals surface area contributed by atoms with Gasteiger partial charge in [-0.05, 0) is 44.0 Å². The van der Waals surface area contributed by atoms with Gasteiger partial charge in [-0.2, -0.15) is 0 Å². The fourth-order valence-corrected chi connectivity index (χ4v) is 2.95. The molecular formula is C22H23ClN4O. The Bertz CT molecular complexity index is 943. The van der Waals surface area contributed by atoms with Crippen molar-refractivity contribution in [3.05, 3.63) is 82.6 Å². The molecule has 0 aliphatic carbocycles. The minimum absolute atomic E-state index is 0.217. The molecule has 0 spiro atoms. The Morgan fingerprint density at radius 3 is 2.43 bits per heavy atom. The summed E-state index contributed by atoms with van der Waals surface area (Å²) in [5.41, 5.74) is 3.18. The van der Waals surface area contributed by atoms with Crippen molar-refractivity contribution in [2.75, 3.05) is 10.2 Å². The summed E-state index contributed by atoms with van der Waals surface area (Å²) < 4.78 is 0. The van der Waals surface area contributed by atoms with Crippen molar-refractivity contribution in [1.29, 1.82) is 0 Å². The van der Waals surface area contributed by atoms with E-state index in [1.807, 2.05) is 31.2 Å². The molecule has 1 aromatic heterocycles. The molecule has 0 saturated heterocycles. The highest BCUT2D eigenvalue weighted by molar-refractivity contribution is 6.31. The van der Waals surface area contributed by atoms with E-state index in [0.29, 0.717) is 28.8 Å². The molecule has 144 valence electrons. The van der Waals surface area contributed by atoms with E-state index in [-0.39, 0.29) is 11.9 Å². The molecule has 3 aromatic rings. The minimum Gasteiger partial charge on any atom is -0.334 e. The van der Waals surface area contributed by atoms with Gasteiger partial charge in [0.1, 0.15) is 0 Å². The molecule has 6 heteroatoms. The highest BCUT2D eigenvalue weighted by Gasteiger charge is 2.16. The largest absolute Gasteiger partial charge is 0.334 e. The standard InChI is InChI=1S/C22H23ClN4O/c1-15(2)27(14-17-7-5-4-6-8-17)22-24-12-18(13-25-22)21(28)26-20-11-19(23)10-9-16(20)3/h4-13,15H,14H2,1-3H3,(H,26,28). The minimum atomic E-state index is -0.268. The molecule has 5 nitrogen and oxygen atoms in total. The number of hydrogen-bond acceptors (Lipinski definition) is 4. The monoisotopic (exact) mass is 394 g/mol. The number of rotatable bonds is 6. The predicted octanol–water partition coefficient (Wildman–Crippen LogP) is 5.11. The zero-order chi connectivity index (χ0) is 20.1. The van der Waals surface area contributed by atoms with Crippen LogP contribution in [0.1, 0.15) is 35.3 Å². The van der Waals surface area contributed by atoms with Crippen molar-refractivity contribution in [2.24, 2.45) is 0 Å². The molecule has 1 N–H and O–H groups in total. The first-order valence-electron chi connectivity index (χ1n) is 9.14. The lowest BCUT2D eigenvalue weighted by Crippen LogP contribution is -2.31. The van der Waals surface area contributed by atoms with E-state index in [0.717, 1.165) is 5.56 Å². The summed E-state index contributed by atoms with van der Waals surface area (Å²) in [5.74, 6) is 0.324. The number of nitrogens with one attached hydrogen (secondary N) is 1. The molecule has 1 amide bonds. The van der Waals surface area contributed by atoms with Crippen LogP contribution in [0.25, 0.3) is 0 Å². The highest BCUT2D eigenvalue weighted by Crippen LogP contribution is 2.21. The van der Waals surface area contributed by atoms with Gasteiger partial charge in [-0.1, -0.05) is 48.0 Å². The summed E-state index contributed by atoms with van der Waals surface area (Å²) in [5, 5.41) is 3.43. The summed E-state index contributed by atoms with van der Waals surface area (Å²) in [7, 11) is 0. The number of carbonyl (C=O) groups is 1. The maximum absolute atomic E-state index is 12.5. The van der Waals surface area contributed by atoms with Crippen LogP contribution in [0.4, 0.5) is 11.6 Å². The first-order chi connectivity index (χ1) is 13.4. The van der Waals surface area contributed by atoms with E-state index in [1.165, 1.54) is 5.56 Å². The second-order valence-corrected chi connectivity index (χ2v) is 7.33. The quantitative estimate of drug-likeness (QED) is 0.631. The third-order valence-corrected chi connectivity index (χ3v) is 4.66. The Hall–Kier alpha value is -2.92. The molecular weight excluding hydrogens is 372 g/mol. The number of aromatic nitrogens is 2. The van der Waals surface area contributed by atoms with Crippen molar-refractivity contribution < 1.29 is 4.79 Å². The number of carbonyl (C=O) groups excluding carboxylic acids is 1. The highest BCUT2D eigenvalue weighted by atomic mass is 35.5. The van der Waals surface area contributed by atoms with Gasteiger partial charge in [0.25, 0.3) is 5.91 Å². The first kappa shape index (κ1) is 19.8. The van der Waals surface area contributed by atoms with Crippen LogP contribution in [0, 0.1) is 6.92 Å². The third kappa shape index (κ3) is 4.87. The first-order valence-corrected chi connectivity index (χ1v) is 9.52. The molecule has 0 aliphatic rings. The smallest absolute Gasteiger partial charge is 0.258 e. The van der Waals surface area contributed by atoms with Crippen LogP contribution >= 0.6 is 11.6 Å². The van der Waals surface area contributed by atoms with Gasteiger partial charge in [0, 0.05) is 35.7 Å². The Morgan fingerprint density at radius 1 is 1.11 bits per heavy atom. The molecule has 0 unspecified atom stereocenters. The van der Waals surface area contributed by atoms with Crippen LogP contribution in [0.5, 0.6) is 0 Å². The normalized spacial score (nSPS) is 10.8. The fourth-order valence-electron chi connectivity index (χ4n) is 2.77. The van der Waals surface area contributed by atoms with Crippen molar-refractivity contribution in [1.82, 2.24) is 9.97 Å². The Balaban J connectivity index is 1.75. The van der Waals surface area contributed by atoms with E-state index in [9.17, 15) is 4.79 Å². The lowest BCUT2D eigenvalue weighted by atomic mass is 10.2. The number of aryl methyl sites for hydroxylation is 1. The molecule has 0 aliphatic heterocycles. The fraction of sp³-hybridized carbons (Fsp3) is 0.227. The summed E-state index contributed by atoms with van der Waals surface area (Å²) in [4.78, 5) is 23.5. The molecule has 0 fully saturated rings. The molecule has 3 rings (SSSR count). The van der Waals surface area contributed by atoms with Gasteiger partial charge >= 0.3 is 0 Å². The Morgan fingerprint density at radius 2 is 1.79 bits per heavy atom. The van der Waals surface area contributed by atoms with Crippen molar-refractivity contribution in [3.8, 4) is 0 Å². The van der Waals surface area contributed by atoms with Gasteiger partial charge in [0.2, 0.25) is 5.95 Å². The number of hydrogen-bond donors (Lipinski definition) is 1. The Labute approximate surface area is 170 Å². The van der Waals surface area contributed by atoms with Gasteiger partial charge in [0.05, 0.1) is 5.56 Å². The van der Waals surface area contributed by atoms with Crippen molar-refractivity contribution >= 4 is 29.1 Å². The molecule has 2 aromatic carbocycles. The number of amides is 1. The van der Waals surface area contributed by atoms with Crippen molar-refractivity contribution in [3.63, 3.8) is 0 Å². The lowest BCUT2D eigenvalue weighted by molar-refractivity contribution is 0.102. The van der Waals surface area contributed by atoms with Crippen LogP contribution < -0.4 is 10.2 Å². The van der Waals surface area contributed by atoms with Gasteiger partial charge in [-0.15, -0.1) is 0 Å². The van der Waals surface area contributed by atoms with Gasteiger partial charge < -0.3 is 10.2 Å². The number of nitrogens with zero attached hydrogens (tertiary/aromatic N) is 3. The molecule has 28 heavy (non-hydrogen) atoms. The topological polar surface area (TPSA) is 58.1 Å². The molecule has 0 bridgehead atoms. The summed E-state index contributed by atoms with van der Waals surface area (Å²) in [6.45, 7) is 6.80. The predicted molar refractivity (Wildman–Crippen MR) is 114 cm³/mol. The van der Waals surface area contributed by atoms with E-state index in [1.54, 1.807) is 24.5 Å². The zero-order valence-corrected chi connectivity index (χ0v) is 16.9. The molecule has 0 radical (unpaired) electrons. The number of halogens is 1. The average molecular weight is 395 g/mol. The molecule has 0 saturated carbocycles. The van der Waals surface area contributed by atoms with Crippen LogP contribution in [-0.2, 0) is 6.54 Å². The maximum Gasteiger partial charge on any atom is 0.258 e. The van der Waals surface area contributed by atoms with Gasteiger partial charge in [0.15, 0.2) is 0 Å². The van der Waals surface area contributed by atoms with Crippen LogP contribution in [0.3, 0.4) is 0 Å². The average Bonchev–Trinajstić information content (AvgIpc) is 2.69. The van der Waals surface area contributed by atoms with E-state index >= 15 is 0 Å². The third-order valence-electron chi connectivity index (χ3n) is 4.42. The van der Waals surface area contributed by atoms with E-state index in [4.69, 9.17) is 11.6 Å². The molecule has 1 heterocycles. The lowest BCUT2D eigenvalue weighted by Gasteiger charge is -2.26. The summed E-state index contributed by atoms with van der Waals surface area (Å²) >= 11 is 6.02. The summed E-state index contributed by atoms with van der Waals surface area (Å²) in [6, 6.07) is 15.8. The van der Waals surface area contributed by atoms with Crippen LogP contribution in [0.15, 0.2) is 60.9 Å². The number of anilines is 2. The zero-order valence-electron chi connectivity index (χ0n) is 16.2. The maximum atomic E-state index is 12.5. The SMILES string of the molecule is Cc1ccc(Cl)cc1NC(=O)c1cnc(N(Cc2ccccc2)C(C)C)nc1. The Kier molecular flexibility index (Phi) is 6.26. The van der Waals surface area contributed by atoms with Crippen LogP contribution in [-0.4, -0.2) is 21.9 Å². The van der Waals surface area contributed by atoms with E-state index in [2.05, 4.69) is 46.2 Å². The van der Waals surface area contributed by atoms with E-state index < -0.39 is 0 Å². The molecule has 0 atom stereocenters. The number of benzene rings is 2. The second kappa shape index (κ2) is 8.85. The summed E-state index contributed by atoms with van der Waals surface area (Å²) in [6.07, 6.45) is 3.11. The second-order valence-electron chi connectivity index (χ2n) is 6.89. The van der Waals surface area contributed by atoms with Crippen molar-refractivity contribution in [2.45, 2.75) is 33.4 Å². The van der Waals surface area contributed by atoms with Gasteiger partial charge in [-0.3, -0.25) is 4.79 Å². The van der Waals surface area contributed by atoms with Crippen LogP contribution in [0.2, 0.25) is 5.02 Å². The van der Waals surface area contributed by atoms with Gasteiger partial charge in [-0.25, -0.2) is 9.97 Å².